The number of aromatic nitrogens is 4. The first-order valence-corrected chi connectivity index (χ1v) is 6.51. The lowest BCUT2D eigenvalue weighted by Crippen LogP contribution is -2.08. The molecule has 1 N–H and O–H groups in total. The predicted molar refractivity (Wildman–Crippen MR) is 75.3 cm³/mol. The first-order chi connectivity index (χ1) is 9.34. The fourth-order valence-corrected chi connectivity index (χ4v) is 2.83. The number of allylic oxidation sites excluding steroid dienone is 1. The minimum atomic E-state index is 0.490. The summed E-state index contributed by atoms with van der Waals surface area (Å²) in [5.74, 6) is 0.490. The standard InChI is InChI=1S/C15H14N4/c1-10-3-2-4-11-9-18-19(14(10)11)13-6-8-17-15-12(13)5-7-16-15/h2,4-10H,3H2,1H3,(H,16,17). The second kappa shape index (κ2) is 3.82. The van der Waals surface area contributed by atoms with Crippen molar-refractivity contribution in [1.82, 2.24) is 19.7 Å². The average molecular weight is 250 g/mol. The normalized spacial score (nSPS) is 17.8. The van der Waals surface area contributed by atoms with Gasteiger partial charge in [0.2, 0.25) is 0 Å². The van der Waals surface area contributed by atoms with Gasteiger partial charge in [-0.15, -0.1) is 0 Å². The minimum Gasteiger partial charge on any atom is -0.346 e. The SMILES string of the molecule is CC1CC=Cc2cnn(-c3ccnc4[nH]ccc34)c21. The van der Waals surface area contributed by atoms with Gasteiger partial charge < -0.3 is 4.98 Å². The molecule has 1 aliphatic carbocycles. The van der Waals surface area contributed by atoms with Crippen LogP contribution in [0.15, 0.2) is 36.8 Å². The van der Waals surface area contributed by atoms with Gasteiger partial charge in [0.1, 0.15) is 5.65 Å². The second-order valence-electron chi connectivity index (χ2n) is 5.01. The van der Waals surface area contributed by atoms with Gasteiger partial charge in [0.05, 0.1) is 17.6 Å². The predicted octanol–water partition coefficient (Wildman–Crippen LogP) is 3.27. The average Bonchev–Trinajstić information content (AvgIpc) is 3.05. The summed E-state index contributed by atoms with van der Waals surface area (Å²) in [5, 5.41) is 5.68. The Morgan fingerprint density at radius 3 is 3.26 bits per heavy atom. The number of nitrogens with zero attached hydrogens (tertiary/aromatic N) is 3. The summed E-state index contributed by atoms with van der Waals surface area (Å²) in [6.07, 6.45) is 11.1. The Balaban J connectivity index is 2.01. The first kappa shape index (κ1) is 10.6. The van der Waals surface area contributed by atoms with Crippen molar-refractivity contribution in [3.05, 3.63) is 48.1 Å². The molecule has 94 valence electrons. The van der Waals surface area contributed by atoms with E-state index in [1.807, 2.05) is 24.7 Å². The summed E-state index contributed by atoms with van der Waals surface area (Å²) < 4.78 is 2.06. The molecular formula is C15H14N4. The number of aromatic amines is 1. The molecule has 0 bridgehead atoms. The molecule has 4 rings (SSSR count). The molecule has 0 radical (unpaired) electrons. The number of H-pyrrole nitrogens is 1. The van der Waals surface area contributed by atoms with Gasteiger partial charge in [-0.2, -0.15) is 5.10 Å². The summed E-state index contributed by atoms with van der Waals surface area (Å²) in [4.78, 5) is 7.48. The molecule has 4 heteroatoms. The van der Waals surface area contributed by atoms with E-state index in [0.717, 1.165) is 23.1 Å². The van der Waals surface area contributed by atoms with Crippen LogP contribution in [-0.4, -0.2) is 19.7 Å². The van der Waals surface area contributed by atoms with Crippen molar-refractivity contribution in [2.24, 2.45) is 0 Å². The Hall–Kier alpha value is -2.36. The van der Waals surface area contributed by atoms with Crippen molar-refractivity contribution in [2.45, 2.75) is 19.3 Å². The van der Waals surface area contributed by atoms with Crippen LogP contribution < -0.4 is 0 Å². The highest BCUT2D eigenvalue weighted by molar-refractivity contribution is 5.84. The van der Waals surface area contributed by atoms with Crippen LogP contribution in [0.5, 0.6) is 0 Å². The lowest BCUT2D eigenvalue weighted by molar-refractivity contribution is 0.688. The Morgan fingerprint density at radius 1 is 1.37 bits per heavy atom. The number of hydrogen-bond donors (Lipinski definition) is 1. The summed E-state index contributed by atoms with van der Waals surface area (Å²) >= 11 is 0. The lowest BCUT2D eigenvalue weighted by atomic mass is 9.94. The molecule has 0 spiro atoms. The summed E-state index contributed by atoms with van der Waals surface area (Å²) in [7, 11) is 0. The van der Waals surface area contributed by atoms with Crippen LogP contribution in [0.4, 0.5) is 0 Å². The Morgan fingerprint density at radius 2 is 2.32 bits per heavy atom. The van der Waals surface area contributed by atoms with Gasteiger partial charge in [0, 0.05) is 29.3 Å². The summed E-state index contributed by atoms with van der Waals surface area (Å²) in [5.41, 5.74) is 4.51. The molecule has 0 saturated heterocycles. The van der Waals surface area contributed by atoms with Crippen molar-refractivity contribution in [3.63, 3.8) is 0 Å². The van der Waals surface area contributed by atoms with Crippen LogP contribution >= 0.6 is 0 Å². The highest BCUT2D eigenvalue weighted by atomic mass is 15.3. The molecule has 4 nitrogen and oxygen atoms in total. The molecule has 1 atom stereocenters. The maximum Gasteiger partial charge on any atom is 0.139 e. The quantitative estimate of drug-likeness (QED) is 0.720. The molecule has 0 fully saturated rings. The zero-order valence-electron chi connectivity index (χ0n) is 10.7. The molecule has 19 heavy (non-hydrogen) atoms. The third-order valence-electron chi connectivity index (χ3n) is 3.76. The van der Waals surface area contributed by atoms with Crippen molar-refractivity contribution < 1.29 is 0 Å². The van der Waals surface area contributed by atoms with Gasteiger partial charge in [-0.25, -0.2) is 9.67 Å². The van der Waals surface area contributed by atoms with E-state index in [2.05, 4.69) is 44.9 Å². The fourth-order valence-electron chi connectivity index (χ4n) is 2.83. The zero-order chi connectivity index (χ0) is 12.8. The number of pyridine rings is 1. The second-order valence-corrected chi connectivity index (χ2v) is 5.01. The number of rotatable bonds is 1. The lowest BCUT2D eigenvalue weighted by Gasteiger charge is -2.17. The third kappa shape index (κ3) is 1.46. The minimum absolute atomic E-state index is 0.490. The van der Waals surface area contributed by atoms with Gasteiger partial charge in [0.15, 0.2) is 0 Å². The maximum absolute atomic E-state index is 4.57. The van der Waals surface area contributed by atoms with Crippen LogP contribution in [0.2, 0.25) is 0 Å². The summed E-state index contributed by atoms with van der Waals surface area (Å²) in [6.45, 7) is 2.25. The molecule has 0 amide bonds. The smallest absolute Gasteiger partial charge is 0.139 e. The van der Waals surface area contributed by atoms with Gasteiger partial charge in [-0.3, -0.25) is 0 Å². The van der Waals surface area contributed by atoms with E-state index in [4.69, 9.17) is 0 Å². The van der Waals surface area contributed by atoms with Crippen molar-refractivity contribution in [3.8, 4) is 5.69 Å². The van der Waals surface area contributed by atoms with Crippen molar-refractivity contribution >= 4 is 17.1 Å². The van der Waals surface area contributed by atoms with E-state index >= 15 is 0 Å². The maximum atomic E-state index is 4.57. The van der Waals surface area contributed by atoms with E-state index in [0.29, 0.717) is 5.92 Å². The monoisotopic (exact) mass is 250 g/mol. The van der Waals surface area contributed by atoms with Crippen LogP contribution in [0.3, 0.4) is 0 Å². The Bertz CT molecular complexity index is 778. The van der Waals surface area contributed by atoms with Gasteiger partial charge >= 0.3 is 0 Å². The molecule has 0 aromatic carbocycles. The first-order valence-electron chi connectivity index (χ1n) is 6.51. The largest absolute Gasteiger partial charge is 0.346 e. The molecule has 3 heterocycles. The van der Waals surface area contributed by atoms with Gasteiger partial charge in [-0.05, 0) is 18.6 Å². The summed E-state index contributed by atoms with van der Waals surface area (Å²) in [6, 6.07) is 4.07. The van der Waals surface area contributed by atoms with Crippen molar-refractivity contribution in [1.29, 1.82) is 0 Å². The topological polar surface area (TPSA) is 46.5 Å². The van der Waals surface area contributed by atoms with Gasteiger partial charge in [0.25, 0.3) is 0 Å². The molecule has 1 unspecified atom stereocenters. The molecular weight excluding hydrogens is 236 g/mol. The van der Waals surface area contributed by atoms with E-state index < -0.39 is 0 Å². The van der Waals surface area contributed by atoms with E-state index in [-0.39, 0.29) is 0 Å². The number of hydrogen-bond acceptors (Lipinski definition) is 2. The van der Waals surface area contributed by atoms with E-state index in [9.17, 15) is 0 Å². The third-order valence-corrected chi connectivity index (χ3v) is 3.76. The zero-order valence-corrected chi connectivity index (χ0v) is 10.7. The number of fused-ring (bicyclic) bond motifs is 2. The fraction of sp³-hybridized carbons (Fsp3) is 0.200. The molecule has 0 aliphatic heterocycles. The number of nitrogens with one attached hydrogen (secondary N) is 1. The molecule has 3 aromatic rings. The van der Waals surface area contributed by atoms with Crippen LogP contribution in [-0.2, 0) is 0 Å². The van der Waals surface area contributed by atoms with E-state index in [1.54, 1.807) is 0 Å². The van der Waals surface area contributed by atoms with Gasteiger partial charge in [-0.1, -0.05) is 19.1 Å². The van der Waals surface area contributed by atoms with Crippen LogP contribution in [0, 0.1) is 0 Å². The van der Waals surface area contributed by atoms with Crippen LogP contribution in [0.25, 0.3) is 22.8 Å². The highest BCUT2D eigenvalue weighted by Crippen LogP contribution is 2.32. The highest BCUT2D eigenvalue weighted by Gasteiger charge is 2.20. The Kier molecular flexibility index (Phi) is 2.12. The molecule has 0 saturated carbocycles. The van der Waals surface area contributed by atoms with Crippen molar-refractivity contribution in [2.75, 3.05) is 0 Å². The molecule has 3 aromatic heterocycles. The van der Waals surface area contributed by atoms with E-state index in [1.165, 1.54) is 11.3 Å². The van der Waals surface area contributed by atoms with Crippen LogP contribution in [0.1, 0.15) is 30.5 Å². The Labute approximate surface area is 110 Å². The molecule has 1 aliphatic rings.